The number of hydrogen-bond acceptors (Lipinski definition) is 3. The van der Waals surface area contributed by atoms with Crippen LogP contribution in [0.3, 0.4) is 0 Å². The molecule has 102 valence electrons. The Hall–Kier alpha value is -1.78. The molecule has 0 radical (unpaired) electrons. The molecule has 1 fully saturated rings. The first-order chi connectivity index (χ1) is 9.75. The van der Waals surface area contributed by atoms with Crippen molar-refractivity contribution in [3.63, 3.8) is 0 Å². The topological polar surface area (TPSA) is 40.5 Å². The van der Waals surface area contributed by atoms with E-state index in [1.165, 1.54) is 16.7 Å². The third-order valence-electron chi connectivity index (χ3n) is 3.36. The molecule has 20 heavy (non-hydrogen) atoms. The summed E-state index contributed by atoms with van der Waals surface area (Å²) in [5, 5.41) is 10.2. The van der Waals surface area contributed by atoms with Crippen molar-refractivity contribution in [1.82, 2.24) is 0 Å². The lowest BCUT2D eigenvalue weighted by molar-refractivity contribution is 0.176. The molecule has 0 aliphatic carbocycles. The zero-order chi connectivity index (χ0) is 13.9. The van der Waals surface area contributed by atoms with E-state index in [9.17, 15) is 9.90 Å². The number of thioether (sulfide) groups is 1. The number of benzene rings is 2. The van der Waals surface area contributed by atoms with Crippen molar-refractivity contribution in [2.75, 3.05) is 4.90 Å². The van der Waals surface area contributed by atoms with E-state index in [1.54, 1.807) is 0 Å². The SMILES string of the molecule is O=C1SC(Cc2ccccc2)C(O)N1c1ccccc1. The summed E-state index contributed by atoms with van der Waals surface area (Å²) in [6.07, 6.45) is -0.100. The predicted octanol–water partition coefficient (Wildman–Crippen LogP) is 3.29. The maximum atomic E-state index is 12.1. The van der Waals surface area contributed by atoms with E-state index in [0.29, 0.717) is 6.42 Å². The molecule has 4 heteroatoms. The monoisotopic (exact) mass is 285 g/mol. The predicted molar refractivity (Wildman–Crippen MR) is 81.8 cm³/mol. The highest BCUT2D eigenvalue weighted by Gasteiger charge is 2.40. The number of carbonyl (C=O) groups excluding carboxylic acids is 1. The van der Waals surface area contributed by atoms with Crippen LogP contribution < -0.4 is 4.90 Å². The fourth-order valence-corrected chi connectivity index (χ4v) is 3.47. The number of nitrogens with zero attached hydrogens (tertiary/aromatic N) is 1. The second kappa shape index (κ2) is 5.69. The van der Waals surface area contributed by atoms with Gasteiger partial charge in [-0.3, -0.25) is 9.69 Å². The van der Waals surface area contributed by atoms with Crippen LogP contribution in [-0.2, 0) is 6.42 Å². The summed E-state index contributed by atoms with van der Waals surface area (Å²) in [5.74, 6) is 0. The van der Waals surface area contributed by atoms with Crippen molar-refractivity contribution < 1.29 is 9.90 Å². The van der Waals surface area contributed by atoms with Crippen molar-refractivity contribution in [2.24, 2.45) is 0 Å². The van der Waals surface area contributed by atoms with Crippen molar-refractivity contribution >= 4 is 22.7 Å². The van der Waals surface area contributed by atoms with Gasteiger partial charge in [0.1, 0.15) is 6.23 Å². The van der Waals surface area contributed by atoms with Crippen LogP contribution in [0.25, 0.3) is 0 Å². The van der Waals surface area contributed by atoms with Gasteiger partial charge in [-0.15, -0.1) is 0 Å². The summed E-state index contributed by atoms with van der Waals surface area (Å²) in [7, 11) is 0. The Balaban J connectivity index is 1.79. The molecule has 1 aliphatic rings. The second-order valence-electron chi connectivity index (χ2n) is 4.73. The van der Waals surface area contributed by atoms with E-state index in [1.807, 2.05) is 60.7 Å². The highest BCUT2D eigenvalue weighted by molar-refractivity contribution is 8.14. The molecule has 1 amide bonds. The first-order valence-corrected chi connectivity index (χ1v) is 7.40. The van der Waals surface area contributed by atoms with Gasteiger partial charge in [0.2, 0.25) is 0 Å². The van der Waals surface area contributed by atoms with E-state index in [-0.39, 0.29) is 10.5 Å². The zero-order valence-corrected chi connectivity index (χ0v) is 11.7. The maximum absolute atomic E-state index is 12.1. The molecule has 2 unspecified atom stereocenters. The van der Waals surface area contributed by atoms with E-state index in [0.717, 1.165) is 11.3 Å². The number of rotatable bonds is 3. The first-order valence-electron chi connectivity index (χ1n) is 6.52. The Morgan fingerprint density at radius 2 is 1.60 bits per heavy atom. The van der Waals surface area contributed by atoms with Crippen molar-refractivity contribution in [1.29, 1.82) is 0 Å². The van der Waals surface area contributed by atoms with Gasteiger partial charge in [0, 0.05) is 5.69 Å². The molecule has 3 nitrogen and oxygen atoms in total. The average Bonchev–Trinajstić information content (AvgIpc) is 2.75. The smallest absolute Gasteiger partial charge is 0.288 e. The third kappa shape index (κ3) is 2.57. The summed E-state index contributed by atoms with van der Waals surface area (Å²) >= 11 is 1.21. The molecule has 3 rings (SSSR count). The summed E-state index contributed by atoms with van der Waals surface area (Å²) < 4.78 is 0. The lowest BCUT2D eigenvalue weighted by Gasteiger charge is -2.22. The van der Waals surface area contributed by atoms with Crippen molar-refractivity contribution in [2.45, 2.75) is 17.9 Å². The minimum atomic E-state index is -0.782. The lowest BCUT2D eigenvalue weighted by Crippen LogP contribution is -2.37. The molecule has 0 spiro atoms. The molecule has 0 aromatic heterocycles. The average molecular weight is 285 g/mol. The van der Waals surface area contributed by atoms with Gasteiger partial charge in [-0.1, -0.05) is 60.3 Å². The molecule has 0 saturated carbocycles. The van der Waals surface area contributed by atoms with Gasteiger partial charge in [0.05, 0.1) is 5.25 Å². The molecule has 1 heterocycles. The number of anilines is 1. The van der Waals surface area contributed by atoms with Crippen LogP contribution in [0.15, 0.2) is 60.7 Å². The van der Waals surface area contributed by atoms with Crippen LogP contribution in [0, 0.1) is 0 Å². The minimum absolute atomic E-state index is 0.0929. The van der Waals surface area contributed by atoms with E-state index in [4.69, 9.17) is 0 Å². The number of amides is 1. The Bertz CT molecular complexity index is 588. The van der Waals surface area contributed by atoms with Crippen LogP contribution in [0.2, 0.25) is 0 Å². The Kier molecular flexibility index (Phi) is 3.76. The Morgan fingerprint density at radius 1 is 1.00 bits per heavy atom. The van der Waals surface area contributed by atoms with Gasteiger partial charge in [0.15, 0.2) is 0 Å². The van der Waals surface area contributed by atoms with Gasteiger partial charge in [-0.2, -0.15) is 0 Å². The molecule has 2 aromatic rings. The molecule has 1 N–H and O–H groups in total. The quantitative estimate of drug-likeness (QED) is 0.940. The van der Waals surface area contributed by atoms with E-state index >= 15 is 0 Å². The zero-order valence-electron chi connectivity index (χ0n) is 10.8. The third-order valence-corrected chi connectivity index (χ3v) is 4.47. The summed E-state index contributed by atoms with van der Waals surface area (Å²) in [5.41, 5.74) is 1.87. The summed E-state index contributed by atoms with van der Waals surface area (Å²) in [6.45, 7) is 0. The Labute approximate surface area is 122 Å². The van der Waals surface area contributed by atoms with Gasteiger partial charge in [-0.05, 0) is 24.1 Å². The van der Waals surface area contributed by atoms with Gasteiger partial charge in [-0.25, -0.2) is 0 Å². The van der Waals surface area contributed by atoms with Gasteiger partial charge in [0.25, 0.3) is 5.24 Å². The molecular formula is C16H15NO2S. The largest absolute Gasteiger partial charge is 0.372 e. The number of carbonyl (C=O) groups is 1. The second-order valence-corrected chi connectivity index (χ2v) is 5.92. The number of para-hydroxylation sites is 1. The van der Waals surface area contributed by atoms with Crippen LogP contribution >= 0.6 is 11.8 Å². The van der Waals surface area contributed by atoms with Crippen molar-refractivity contribution in [3.05, 3.63) is 66.2 Å². The molecular weight excluding hydrogens is 270 g/mol. The highest BCUT2D eigenvalue weighted by Crippen LogP contribution is 2.36. The number of aliphatic hydroxyl groups is 1. The molecule has 0 bridgehead atoms. The summed E-state index contributed by atoms with van der Waals surface area (Å²) in [4.78, 5) is 13.6. The standard InChI is InChI=1S/C16H15NO2S/c18-15-14(11-12-7-3-1-4-8-12)20-16(19)17(15)13-9-5-2-6-10-13/h1-10,14-15,18H,11H2. The first kappa shape index (κ1) is 13.2. The normalized spacial score (nSPS) is 22.2. The van der Waals surface area contributed by atoms with Crippen LogP contribution in [-0.4, -0.2) is 21.8 Å². The van der Waals surface area contributed by atoms with Gasteiger partial charge < -0.3 is 5.11 Å². The molecule has 1 saturated heterocycles. The van der Waals surface area contributed by atoms with Crippen LogP contribution in [0.4, 0.5) is 10.5 Å². The van der Waals surface area contributed by atoms with Crippen LogP contribution in [0.1, 0.15) is 5.56 Å². The minimum Gasteiger partial charge on any atom is -0.372 e. The van der Waals surface area contributed by atoms with Gasteiger partial charge >= 0.3 is 0 Å². The number of hydrogen-bond donors (Lipinski definition) is 1. The fraction of sp³-hybridized carbons (Fsp3) is 0.188. The lowest BCUT2D eigenvalue weighted by atomic mass is 10.1. The molecule has 1 aliphatic heterocycles. The molecule has 2 atom stereocenters. The van der Waals surface area contributed by atoms with E-state index in [2.05, 4.69) is 0 Å². The Morgan fingerprint density at radius 3 is 2.25 bits per heavy atom. The molecule has 2 aromatic carbocycles. The number of aliphatic hydroxyl groups excluding tert-OH is 1. The van der Waals surface area contributed by atoms with Crippen LogP contribution in [0.5, 0.6) is 0 Å². The maximum Gasteiger partial charge on any atom is 0.288 e. The fourth-order valence-electron chi connectivity index (χ4n) is 2.36. The highest BCUT2D eigenvalue weighted by atomic mass is 32.2. The van der Waals surface area contributed by atoms with Crippen molar-refractivity contribution in [3.8, 4) is 0 Å². The van der Waals surface area contributed by atoms with E-state index < -0.39 is 6.23 Å². The summed E-state index contributed by atoms with van der Waals surface area (Å²) in [6, 6.07) is 19.2.